The average Bonchev–Trinajstić information content (AvgIpc) is 3.16. The van der Waals surface area contributed by atoms with Crippen LogP contribution in [0.5, 0.6) is 5.88 Å². The van der Waals surface area contributed by atoms with Crippen LogP contribution < -0.4 is 20.7 Å². The van der Waals surface area contributed by atoms with Crippen molar-refractivity contribution in [2.45, 2.75) is 39.5 Å². The van der Waals surface area contributed by atoms with Gasteiger partial charge in [-0.2, -0.15) is 17.5 Å². The van der Waals surface area contributed by atoms with Crippen LogP contribution in [-0.4, -0.2) is 50.1 Å². The quantitative estimate of drug-likeness (QED) is 0.352. The molecule has 198 valence electrons. The number of alkyl carbamates (subject to hydrolysis) is 1. The summed E-state index contributed by atoms with van der Waals surface area (Å²) in [6.45, 7) is 7.26. The number of rotatable bonds is 8. The molecule has 3 heterocycles. The van der Waals surface area contributed by atoms with Crippen LogP contribution in [0.25, 0.3) is 0 Å². The van der Waals surface area contributed by atoms with E-state index in [9.17, 15) is 22.8 Å². The van der Waals surface area contributed by atoms with Crippen molar-refractivity contribution in [3.05, 3.63) is 47.7 Å². The van der Waals surface area contributed by atoms with Crippen molar-refractivity contribution in [3.63, 3.8) is 0 Å². The molecule has 0 aliphatic carbocycles. The zero-order valence-corrected chi connectivity index (χ0v) is 21.1. The lowest BCUT2D eigenvalue weighted by Crippen LogP contribution is -2.34. The first-order chi connectivity index (χ1) is 17.3. The summed E-state index contributed by atoms with van der Waals surface area (Å²) in [5, 5.41) is 8.31. The minimum absolute atomic E-state index is 0.0232. The summed E-state index contributed by atoms with van der Waals surface area (Å²) in [5.74, 6) is -0.207. The maximum atomic E-state index is 12.9. The number of amides is 2. The molecule has 0 radical (unpaired) electrons. The van der Waals surface area contributed by atoms with Gasteiger partial charge in [-0.05, 0) is 45.3 Å². The number of anilines is 3. The SMILES string of the molecule is Cc1nsc(Nc2cnc(C(F)(F)F)cn2)c1C(=O)Nc1ccc(OCCNC(=O)OC(C)(C)C)nc1. The molecule has 0 atom stereocenters. The third-order valence-corrected chi connectivity index (χ3v) is 5.14. The number of nitrogens with zero attached hydrogens (tertiary/aromatic N) is 4. The zero-order chi connectivity index (χ0) is 27.2. The maximum absolute atomic E-state index is 12.9. The monoisotopic (exact) mass is 539 g/mol. The topological polar surface area (TPSA) is 140 Å². The number of nitrogens with one attached hydrogen (secondary N) is 3. The van der Waals surface area contributed by atoms with Crippen molar-refractivity contribution in [1.82, 2.24) is 24.6 Å². The van der Waals surface area contributed by atoms with Crippen LogP contribution in [0.15, 0.2) is 30.7 Å². The summed E-state index contributed by atoms with van der Waals surface area (Å²) in [5.41, 5.74) is -0.751. The van der Waals surface area contributed by atoms with E-state index in [4.69, 9.17) is 9.47 Å². The van der Waals surface area contributed by atoms with Gasteiger partial charge in [-0.15, -0.1) is 0 Å². The largest absolute Gasteiger partial charge is 0.476 e. The van der Waals surface area contributed by atoms with Crippen molar-refractivity contribution >= 4 is 40.0 Å². The summed E-state index contributed by atoms with van der Waals surface area (Å²) in [7, 11) is 0. The third kappa shape index (κ3) is 8.27. The lowest BCUT2D eigenvalue weighted by Gasteiger charge is -2.19. The highest BCUT2D eigenvalue weighted by atomic mass is 32.1. The molecule has 3 aromatic rings. The van der Waals surface area contributed by atoms with Crippen molar-refractivity contribution in [2.75, 3.05) is 23.8 Å². The zero-order valence-electron chi connectivity index (χ0n) is 20.3. The minimum Gasteiger partial charge on any atom is -0.476 e. The maximum Gasteiger partial charge on any atom is 0.434 e. The van der Waals surface area contributed by atoms with E-state index in [1.807, 2.05) is 0 Å². The first-order valence-corrected chi connectivity index (χ1v) is 11.6. The molecule has 0 bridgehead atoms. The average molecular weight is 540 g/mol. The Balaban J connectivity index is 1.55. The van der Waals surface area contributed by atoms with E-state index in [1.54, 1.807) is 39.8 Å². The number of carbonyl (C=O) groups is 2. The van der Waals surface area contributed by atoms with E-state index in [1.165, 1.54) is 6.20 Å². The summed E-state index contributed by atoms with van der Waals surface area (Å²) in [6, 6.07) is 3.11. The molecule has 3 rings (SSSR count). The molecule has 0 fully saturated rings. The molecule has 0 saturated heterocycles. The van der Waals surface area contributed by atoms with Gasteiger partial charge < -0.3 is 25.4 Å². The van der Waals surface area contributed by atoms with Crippen molar-refractivity contribution in [1.29, 1.82) is 0 Å². The summed E-state index contributed by atoms with van der Waals surface area (Å²) in [6.07, 6.45) is -2.26. The second kappa shape index (κ2) is 11.4. The number of pyridine rings is 1. The summed E-state index contributed by atoms with van der Waals surface area (Å²) < 4.78 is 52.8. The Morgan fingerprint density at radius 1 is 1.05 bits per heavy atom. The molecule has 0 aromatic carbocycles. The van der Waals surface area contributed by atoms with Gasteiger partial charge in [0.1, 0.15) is 23.0 Å². The number of alkyl halides is 3. The van der Waals surface area contributed by atoms with Gasteiger partial charge in [-0.1, -0.05) is 0 Å². The van der Waals surface area contributed by atoms with E-state index in [0.717, 1.165) is 17.7 Å². The normalized spacial score (nSPS) is 11.5. The van der Waals surface area contributed by atoms with Gasteiger partial charge in [-0.3, -0.25) is 4.79 Å². The molecule has 3 N–H and O–H groups in total. The number of aryl methyl sites for hydroxylation is 1. The highest BCUT2D eigenvalue weighted by Gasteiger charge is 2.32. The Labute approximate surface area is 214 Å². The van der Waals surface area contributed by atoms with Crippen molar-refractivity contribution in [3.8, 4) is 5.88 Å². The van der Waals surface area contributed by atoms with Gasteiger partial charge in [0.25, 0.3) is 5.91 Å². The first-order valence-electron chi connectivity index (χ1n) is 10.8. The van der Waals surface area contributed by atoms with Crippen LogP contribution >= 0.6 is 11.5 Å². The van der Waals surface area contributed by atoms with E-state index < -0.39 is 29.5 Å². The lowest BCUT2D eigenvalue weighted by molar-refractivity contribution is -0.141. The van der Waals surface area contributed by atoms with Crippen LogP contribution in [0, 0.1) is 6.92 Å². The number of hydrogen-bond donors (Lipinski definition) is 3. The van der Waals surface area contributed by atoms with E-state index >= 15 is 0 Å². The molecule has 15 heteroatoms. The number of carbonyl (C=O) groups excluding carboxylic acids is 2. The molecule has 0 aliphatic rings. The lowest BCUT2D eigenvalue weighted by atomic mass is 10.2. The van der Waals surface area contributed by atoms with Crippen LogP contribution in [0.3, 0.4) is 0 Å². The Morgan fingerprint density at radius 2 is 1.81 bits per heavy atom. The molecular formula is C22H24F3N7O4S. The molecule has 11 nitrogen and oxygen atoms in total. The van der Waals surface area contributed by atoms with E-state index in [-0.39, 0.29) is 35.4 Å². The van der Waals surface area contributed by atoms with E-state index in [2.05, 4.69) is 35.3 Å². The van der Waals surface area contributed by atoms with Crippen LogP contribution in [0.4, 0.5) is 34.5 Å². The standard InChI is InChI=1S/C22H24F3N7O4S/c1-12-17(19(37-32-12)31-15-11-27-14(10-28-15)22(23,24)25)18(33)30-13-5-6-16(29-9-13)35-8-7-26-20(34)36-21(2,3)4/h5-6,9-11H,7-8H2,1-4H3,(H,26,34)(H,28,31)(H,30,33). The van der Waals surface area contributed by atoms with Crippen molar-refractivity contribution in [2.24, 2.45) is 0 Å². The molecule has 0 aliphatic heterocycles. The molecule has 0 spiro atoms. The van der Waals surface area contributed by atoms with Gasteiger partial charge >= 0.3 is 12.3 Å². The highest BCUT2D eigenvalue weighted by Crippen LogP contribution is 2.30. The predicted octanol–water partition coefficient (Wildman–Crippen LogP) is 4.55. The Morgan fingerprint density at radius 3 is 2.41 bits per heavy atom. The predicted molar refractivity (Wildman–Crippen MR) is 129 cm³/mol. The van der Waals surface area contributed by atoms with E-state index in [0.29, 0.717) is 17.6 Å². The van der Waals surface area contributed by atoms with Gasteiger partial charge in [0.15, 0.2) is 5.69 Å². The molecule has 0 unspecified atom stereocenters. The summed E-state index contributed by atoms with van der Waals surface area (Å²) >= 11 is 0.952. The number of aromatic nitrogens is 4. The molecule has 37 heavy (non-hydrogen) atoms. The third-order valence-electron chi connectivity index (χ3n) is 4.29. The van der Waals surface area contributed by atoms with Gasteiger partial charge in [0, 0.05) is 6.07 Å². The smallest absolute Gasteiger partial charge is 0.434 e. The molecule has 2 amide bonds. The molecule has 3 aromatic heterocycles. The minimum atomic E-state index is -4.61. The van der Waals surface area contributed by atoms with Crippen LogP contribution in [-0.2, 0) is 10.9 Å². The van der Waals surface area contributed by atoms with Crippen molar-refractivity contribution < 1.29 is 32.2 Å². The Bertz CT molecular complexity index is 1230. The summed E-state index contributed by atoms with van der Waals surface area (Å²) in [4.78, 5) is 35.6. The first kappa shape index (κ1) is 27.6. The van der Waals surface area contributed by atoms with Gasteiger partial charge in [-0.25, -0.2) is 19.7 Å². The fraction of sp³-hybridized carbons (Fsp3) is 0.364. The Hall–Kier alpha value is -4.01. The number of ether oxygens (including phenoxy) is 2. The highest BCUT2D eigenvalue weighted by molar-refractivity contribution is 7.10. The second-order valence-electron chi connectivity index (χ2n) is 8.50. The second-order valence-corrected chi connectivity index (χ2v) is 9.27. The van der Waals surface area contributed by atoms with Gasteiger partial charge in [0.05, 0.1) is 42.1 Å². The van der Waals surface area contributed by atoms with Crippen LogP contribution in [0.1, 0.15) is 42.5 Å². The molecule has 0 saturated carbocycles. The van der Waals surface area contributed by atoms with Crippen LogP contribution in [0.2, 0.25) is 0 Å². The fourth-order valence-corrected chi connectivity index (χ4v) is 3.54. The van der Waals surface area contributed by atoms with Gasteiger partial charge in [0.2, 0.25) is 5.88 Å². The Kier molecular flexibility index (Phi) is 8.47. The number of halogens is 3. The molecular weight excluding hydrogens is 515 g/mol. The number of hydrogen-bond acceptors (Lipinski definition) is 10. The fourth-order valence-electron chi connectivity index (χ4n) is 2.73.